The molecular weight excluding hydrogens is 472 g/mol. The molecule has 6 heteroatoms. The lowest BCUT2D eigenvalue weighted by Gasteiger charge is -2.48. The number of carbonyl (C=O) groups excluding carboxylic acids is 1. The molecule has 3 aromatic rings. The van der Waals surface area contributed by atoms with Crippen molar-refractivity contribution in [1.82, 2.24) is 4.90 Å². The fourth-order valence-corrected chi connectivity index (χ4v) is 5.48. The number of amides is 1. The highest BCUT2D eigenvalue weighted by Gasteiger charge is 2.50. The summed E-state index contributed by atoms with van der Waals surface area (Å²) in [4.78, 5) is 22.3. The molecule has 0 aromatic heterocycles. The first-order valence-electron chi connectivity index (χ1n) is 13.7. The van der Waals surface area contributed by atoms with Crippen LogP contribution in [0.25, 0.3) is 0 Å². The largest absolute Gasteiger partial charge is 0.416 e. The third-order valence-electron chi connectivity index (χ3n) is 7.64. The highest BCUT2D eigenvalue weighted by atomic mass is 16.6. The van der Waals surface area contributed by atoms with Crippen LogP contribution in [-0.2, 0) is 5.54 Å². The first kappa shape index (κ1) is 27.4. The second kappa shape index (κ2) is 11.4. The summed E-state index contributed by atoms with van der Waals surface area (Å²) >= 11 is 0. The normalized spacial score (nSPS) is 14.1. The van der Waals surface area contributed by atoms with Gasteiger partial charge in [-0.1, -0.05) is 43.7 Å². The smallest absolute Gasteiger partial charge is 0.410 e. The molecule has 0 N–H and O–H groups in total. The van der Waals surface area contributed by atoms with E-state index in [2.05, 4.69) is 96.1 Å². The second-order valence-corrected chi connectivity index (χ2v) is 10.3. The van der Waals surface area contributed by atoms with Crippen LogP contribution < -0.4 is 19.4 Å². The van der Waals surface area contributed by atoms with Crippen molar-refractivity contribution in [3.8, 4) is 5.75 Å². The quantitative estimate of drug-likeness (QED) is 0.306. The number of hydrogen-bond acceptors (Lipinski definition) is 5. The van der Waals surface area contributed by atoms with Crippen molar-refractivity contribution >= 4 is 23.2 Å². The SMILES string of the molecule is CCCCN1C(=O)Oc2cc(N(CC)CC)ccc2C1(c1ccc(N(C)C)cc1)c1ccc(N(C)C)cc1. The Hall–Kier alpha value is -3.67. The Morgan fingerprint density at radius 1 is 0.737 bits per heavy atom. The molecule has 0 unspecified atom stereocenters. The fraction of sp³-hybridized carbons (Fsp3) is 0.406. The van der Waals surface area contributed by atoms with E-state index in [4.69, 9.17) is 4.74 Å². The van der Waals surface area contributed by atoms with Gasteiger partial charge in [-0.15, -0.1) is 0 Å². The lowest BCUT2D eigenvalue weighted by atomic mass is 9.74. The zero-order valence-electron chi connectivity index (χ0n) is 24.0. The van der Waals surface area contributed by atoms with Gasteiger partial charge in [-0.2, -0.15) is 0 Å². The third kappa shape index (κ3) is 4.80. The summed E-state index contributed by atoms with van der Waals surface area (Å²) in [5.41, 5.74) is 5.54. The van der Waals surface area contributed by atoms with E-state index >= 15 is 0 Å². The van der Waals surface area contributed by atoms with Crippen LogP contribution in [0.15, 0.2) is 66.7 Å². The molecule has 4 rings (SSSR count). The van der Waals surface area contributed by atoms with Crippen molar-refractivity contribution in [2.45, 2.75) is 39.2 Å². The Morgan fingerprint density at radius 2 is 1.24 bits per heavy atom. The summed E-state index contributed by atoms with van der Waals surface area (Å²) in [6, 6.07) is 23.5. The predicted octanol–water partition coefficient (Wildman–Crippen LogP) is 6.57. The molecule has 1 aliphatic heterocycles. The average Bonchev–Trinajstić information content (AvgIpc) is 2.92. The summed E-state index contributed by atoms with van der Waals surface area (Å²) in [7, 11) is 8.17. The van der Waals surface area contributed by atoms with E-state index in [1.165, 1.54) is 0 Å². The van der Waals surface area contributed by atoms with Crippen molar-refractivity contribution in [3.05, 3.63) is 83.4 Å². The first-order chi connectivity index (χ1) is 18.3. The van der Waals surface area contributed by atoms with Gasteiger partial charge in [-0.05, 0) is 61.7 Å². The molecule has 0 saturated carbocycles. The number of rotatable bonds is 10. The maximum absolute atomic E-state index is 13.9. The summed E-state index contributed by atoms with van der Waals surface area (Å²) in [5.74, 6) is 0.625. The maximum Gasteiger partial charge on any atom is 0.416 e. The Kier molecular flexibility index (Phi) is 8.20. The molecule has 6 nitrogen and oxygen atoms in total. The van der Waals surface area contributed by atoms with Crippen LogP contribution in [0.3, 0.4) is 0 Å². The van der Waals surface area contributed by atoms with Crippen molar-refractivity contribution in [2.75, 3.05) is 62.5 Å². The van der Waals surface area contributed by atoms with Crippen LogP contribution in [0.5, 0.6) is 5.75 Å². The molecule has 38 heavy (non-hydrogen) atoms. The summed E-state index contributed by atoms with van der Waals surface area (Å²) in [6.45, 7) is 8.80. The molecule has 0 bridgehead atoms. The number of carbonyl (C=O) groups is 1. The van der Waals surface area contributed by atoms with Gasteiger partial charge in [0.2, 0.25) is 0 Å². The van der Waals surface area contributed by atoms with Gasteiger partial charge in [0.1, 0.15) is 11.3 Å². The standard InChI is InChI=1S/C32H42N4O2/c1-8-11-22-36-31(37)38-30-23-28(35(9-2)10-3)20-21-29(30)32(36,24-12-16-26(17-13-24)33(4)5)25-14-18-27(19-15-25)34(6)7/h12-21,23H,8-11,22H2,1-7H3. The topological polar surface area (TPSA) is 39.3 Å². The van der Waals surface area contributed by atoms with Crippen molar-refractivity contribution < 1.29 is 9.53 Å². The van der Waals surface area contributed by atoms with E-state index in [-0.39, 0.29) is 6.09 Å². The van der Waals surface area contributed by atoms with Crippen molar-refractivity contribution in [2.24, 2.45) is 0 Å². The number of hydrogen-bond donors (Lipinski definition) is 0. The highest BCUT2D eigenvalue weighted by molar-refractivity contribution is 5.80. The monoisotopic (exact) mass is 514 g/mol. The molecular formula is C32H42N4O2. The Labute approximate surface area is 228 Å². The zero-order chi connectivity index (χ0) is 27.4. The number of unbranched alkanes of at least 4 members (excludes halogenated alkanes) is 1. The van der Waals surface area contributed by atoms with Gasteiger partial charge in [0.15, 0.2) is 0 Å². The molecule has 3 aromatic carbocycles. The molecule has 202 valence electrons. The van der Waals surface area contributed by atoms with Gasteiger partial charge in [-0.3, -0.25) is 4.90 Å². The minimum atomic E-state index is -0.822. The van der Waals surface area contributed by atoms with Gasteiger partial charge in [0.25, 0.3) is 0 Å². The van der Waals surface area contributed by atoms with E-state index in [0.717, 1.165) is 59.7 Å². The molecule has 0 atom stereocenters. The lowest BCUT2D eigenvalue weighted by Crippen LogP contribution is -2.55. The number of fused-ring (bicyclic) bond motifs is 1. The van der Waals surface area contributed by atoms with Crippen molar-refractivity contribution in [1.29, 1.82) is 0 Å². The van der Waals surface area contributed by atoms with E-state index in [1.54, 1.807) is 0 Å². The van der Waals surface area contributed by atoms with Gasteiger partial charge in [0.05, 0.1) is 0 Å². The van der Waals surface area contributed by atoms with Crippen LogP contribution in [0.2, 0.25) is 0 Å². The predicted molar refractivity (Wildman–Crippen MR) is 159 cm³/mol. The second-order valence-electron chi connectivity index (χ2n) is 10.3. The van der Waals surface area contributed by atoms with Gasteiger partial charge in [0, 0.05) is 76.5 Å². The van der Waals surface area contributed by atoms with E-state index < -0.39 is 5.54 Å². The minimum Gasteiger partial charge on any atom is -0.410 e. The van der Waals surface area contributed by atoms with Crippen LogP contribution in [0, 0.1) is 0 Å². The molecule has 0 aliphatic carbocycles. The lowest BCUT2D eigenvalue weighted by molar-refractivity contribution is 0.0975. The number of nitrogens with zero attached hydrogens (tertiary/aromatic N) is 4. The summed E-state index contributed by atoms with van der Waals surface area (Å²) < 4.78 is 6.09. The number of ether oxygens (including phenoxy) is 1. The molecule has 1 amide bonds. The van der Waals surface area contributed by atoms with E-state index in [9.17, 15) is 4.79 Å². The Morgan fingerprint density at radius 3 is 1.68 bits per heavy atom. The zero-order valence-corrected chi connectivity index (χ0v) is 24.0. The molecule has 0 spiro atoms. The van der Waals surface area contributed by atoms with E-state index in [1.807, 2.05) is 39.2 Å². The van der Waals surface area contributed by atoms with Crippen LogP contribution in [0.1, 0.15) is 50.3 Å². The van der Waals surface area contributed by atoms with Gasteiger partial charge in [-0.25, -0.2) is 4.79 Å². The van der Waals surface area contributed by atoms with Crippen LogP contribution in [0.4, 0.5) is 21.9 Å². The summed E-state index contributed by atoms with van der Waals surface area (Å²) in [6.07, 6.45) is 1.55. The Balaban J connectivity index is 2.04. The molecule has 0 fully saturated rings. The Bertz CT molecular complexity index is 1180. The van der Waals surface area contributed by atoms with Gasteiger partial charge < -0.3 is 19.4 Å². The first-order valence-corrected chi connectivity index (χ1v) is 13.7. The fourth-order valence-electron chi connectivity index (χ4n) is 5.48. The summed E-state index contributed by atoms with van der Waals surface area (Å²) in [5, 5.41) is 0. The molecule has 1 aliphatic rings. The average molecular weight is 515 g/mol. The third-order valence-corrected chi connectivity index (χ3v) is 7.64. The number of anilines is 3. The number of benzene rings is 3. The molecule has 0 radical (unpaired) electrons. The maximum atomic E-state index is 13.9. The van der Waals surface area contributed by atoms with E-state index in [0.29, 0.717) is 12.3 Å². The van der Waals surface area contributed by atoms with Crippen molar-refractivity contribution in [3.63, 3.8) is 0 Å². The van der Waals surface area contributed by atoms with Crippen LogP contribution in [-0.4, -0.2) is 58.8 Å². The van der Waals surface area contributed by atoms with Gasteiger partial charge >= 0.3 is 6.09 Å². The highest BCUT2D eigenvalue weighted by Crippen LogP contribution is 2.50. The van der Waals surface area contributed by atoms with Crippen LogP contribution >= 0.6 is 0 Å². The minimum absolute atomic E-state index is 0.309. The molecule has 0 saturated heterocycles. The molecule has 1 heterocycles.